The first kappa shape index (κ1) is 16.7. The SMILES string of the molecule is C[C@H](Cc1ccccc1Br)N=C(c1ccccc1)c1ccccc1. The van der Waals surface area contributed by atoms with E-state index < -0.39 is 0 Å². The van der Waals surface area contributed by atoms with Crippen LogP contribution < -0.4 is 0 Å². The van der Waals surface area contributed by atoms with Crippen molar-refractivity contribution >= 4 is 21.6 Å². The smallest absolute Gasteiger partial charge is 0.0722 e. The molecule has 0 aliphatic rings. The summed E-state index contributed by atoms with van der Waals surface area (Å²) in [5.41, 5.74) is 4.65. The molecule has 3 aromatic carbocycles. The summed E-state index contributed by atoms with van der Waals surface area (Å²) in [6, 6.07) is 29.4. The first-order valence-electron chi connectivity index (χ1n) is 8.16. The van der Waals surface area contributed by atoms with Crippen LogP contribution in [0.4, 0.5) is 0 Å². The predicted octanol–water partition coefficient (Wildman–Crippen LogP) is 5.92. The second-order valence-electron chi connectivity index (χ2n) is 5.85. The largest absolute Gasteiger partial charge is 0.281 e. The fourth-order valence-electron chi connectivity index (χ4n) is 2.76. The Balaban J connectivity index is 1.93. The molecule has 0 aliphatic carbocycles. The summed E-state index contributed by atoms with van der Waals surface area (Å²) in [6.45, 7) is 2.17. The number of hydrogen-bond acceptors (Lipinski definition) is 1. The Kier molecular flexibility index (Phi) is 5.60. The first-order valence-corrected chi connectivity index (χ1v) is 8.95. The normalized spacial score (nSPS) is 11.8. The third kappa shape index (κ3) is 4.21. The van der Waals surface area contributed by atoms with E-state index in [9.17, 15) is 0 Å². The average molecular weight is 378 g/mol. The van der Waals surface area contributed by atoms with E-state index in [0.29, 0.717) is 0 Å². The van der Waals surface area contributed by atoms with Gasteiger partial charge in [0, 0.05) is 15.6 Å². The van der Waals surface area contributed by atoms with Crippen molar-refractivity contribution in [3.8, 4) is 0 Å². The van der Waals surface area contributed by atoms with Gasteiger partial charge in [-0.1, -0.05) is 94.8 Å². The van der Waals surface area contributed by atoms with Crippen LogP contribution in [0.15, 0.2) is 94.4 Å². The highest BCUT2D eigenvalue weighted by atomic mass is 79.9. The summed E-state index contributed by atoms with van der Waals surface area (Å²) in [6.07, 6.45) is 0.907. The molecule has 0 unspecified atom stereocenters. The fraction of sp³-hybridized carbons (Fsp3) is 0.136. The highest BCUT2D eigenvalue weighted by Gasteiger charge is 2.10. The predicted molar refractivity (Wildman–Crippen MR) is 106 cm³/mol. The molecular weight excluding hydrogens is 358 g/mol. The lowest BCUT2D eigenvalue weighted by Gasteiger charge is -2.13. The number of rotatable bonds is 5. The molecule has 3 rings (SSSR count). The Bertz CT molecular complexity index is 768. The number of benzene rings is 3. The van der Waals surface area contributed by atoms with Gasteiger partial charge < -0.3 is 0 Å². The van der Waals surface area contributed by atoms with Gasteiger partial charge in [0.25, 0.3) is 0 Å². The van der Waals surface area contributed by atoms with Gasteiger partial charge in [0.05, 0.1) is 11.8 Å². The molecule has 0 aliphatic heterocycles. The second-order valence-corrected chi connectivity index (χ2v) is 6.71. The molecule has 0 bridgehead atoms. The van der Waals surface area contributed by atoms with Crippen molar-refractivity contribution in [3.05, 3.63) is 106 Å². The summed E-state index contributed by atoms with van der Waals surface area (Å²) < 4.78 is 1.15. The molecule has 1 atom stereocenters. The molecule has 24 heavy (non-hydrogen) atoms. The molecule has 1 nitrogen and oxygen atoms in total. The van der Waals surface area contributed by atoms with Gasteiger partial charge in [-0.15, -0.1) is 0 Å². The van der Waals surface area contributed by atoms with Crippen molar-refractivity contribution in [2.75, 3.05) is 0 Å². The molecular formula is C22H20BrN. The minimum atomic E-state index is 0.194. The minimum absolute atomic E-state index is 0.194. The zero-order chi connectivity index (χ0) is 16.8. The third-order valence-electron chi connectivity index (χ3n) is 3.92. The van der Waals surface area contributed by atoms with Crippen LogP contribution in [0.3, 0.4) is 0 Å². The van der Waals surface area contributed by atoms with Crippen molar-refractivity contribution in [1.29, 1.82) is 0 Å². The molecule has 0 aromatic heterocycles. The van der Waals surface area contributed by atoms with Crippen molar-refractivity contribution in [1.82, 2.24) is 0 Å². The number of aliphatic imine (C=N–C) groups is 1. The van der Waals surface area contributed by atoms with Crippen LogP contribution in [-0.2, 0) is 6.42 Å². The van der Waals surface area contributed by atoms with Gasteiger partial charge in [-0.3, -0.25) is 4.99 Å². The molecule has 3 aromatic rings. The van der Waals surface area contributed by atoms with Gasteiger partial charge in [-0.25, -0.2) is 0 Å². The lowest BCUT2D eigenvalue weighted by Crippen LogP contribution is -2.11. The Hall–Kier alpha value is -2.19. The topological polar surface area (TPSA) is 12.4 Å². The molecule has 0 N–H and O–H groups in total. The Morgan fingerprint density at radius 1 is 0.792 bits per heavy atom. The van der Waals surface area contributed by atoms with Crippen LogP contribution in [0.1, 0.15) is 23.6 Å². The maximum absolute atomic E-state index is 5.05. The summed E-state index contributed by atoms with van der Waals surface area (Å²) in [4.78, 5) is 5.05. The maximum atomic E-state index is 5.05. The van der Waals surface area contributed by atoms with Crippen LogP contribution in [-0.4, -0.2) is 11.8 Å². The van der Waals surface area contributed by atoms with Gasteiger partial charge in [0.1, 0.15) is 0 Å². The Labute approximate surface area is 152 Å². The van der Waals surface area contributed by atoms with Crippen molar-refractivity contribution < 1.29 is 0 Å². The number of nitrogens with zero attached hydrogens (tertiary/aromatic N) is 1. The molecule has 0 saturated heterocycles. The molecule has 0 amide bonds. The first-order chi connectivity index (χ1) is 11.7. The van der Waals surface area contributed by atoms with Crippen molar-refractivity contribution in [2.45, 2.75) is 19.4 Å². The summed E-state index contributed by atoms with van der Waals surface area (Å²) in [5, 5.41) is 0. The zero-order valence-corrected chi connectivity index (χ0v) is 15.3. The standard InChI is InChI=1S/C22H20BrN/c1-17(16-20-14-8-9-15-21(20)23)24-22(18-10-4-2-5-11-18)19-12-6-3-7-13-19/h2-15,17H,16H2,1H3/t17-/m1/s1. The van der Waals surface area contributed by atoms with Crippen LogP contribution in [0, 0.1) is 0 Å². The van der Waals surface area contributed by atoms with Crippen molar-refractivity contribution in [3.63, 3.8) is 0 Å². The van der Waals surface area contributed by atoms with E-state index in [1.54, 1.807) is 0 Å². The fourth-order valence-corrected chi connectivity index (χ4v) is 3.20. The lowest BCUT2D eigenvalue weighted by molar-refractivity contribution is 0.739. The lowest BCUT2D eigenvalue weighted by atomic mass is 10.0. The van der Waals surface area contributed by atoms with Crippen LogP contribution in [0.25, 0.3) is 0 Å². The average Bonchev–Trinajstić information content (AvgIpc) is 2.63. The summed E-state index contributed by atoms with van der Waals surface area (Å²) >= 11 is 3.63. The van der Waals surface area contributed by atoms with Crippen molar-refractivity contribution in [2.24, 2.45) is 4.99 Å². The van der Waals surface area contributed by atoms with Crippen LogP contribution >= 0.6 is 15.9 Å². The number of halogens is 1. The van der Waals surface area contributed by atoms with Crippen LogP contribution in [0.5, 0.6) is 0 Å². The molecule has 120 valence electrons. The van der Waals surface area contributed by atoms with E-state index in [4.69, 9.17) is 4.99 Å². The highest BCUT2D eigenvalue weighted by molar-refractivity contribution is 9.10. The van der Waals surface area contributed by atoms with Gasteiger partial charge in [0.15, 0.2) is 0 Å². The van der Waals surface area contributed by atoms with Gasteiger partial charge in [-0.05, 0) is 25.0 Å². The second kappa shape index (κ2) is 8.07. The van der Waals surface area contributed by atoms with E-state index in [2.05, 4.69) is 89.6 Å². The van der Waals surface area contributed by atoms with Gasteiger partial charge >= 0.3 is 0 Å². The Morgan fingerprint density at radius 2 is 1.29 bits per heavy atom. The molecule has 0 spiro atoms. The molecule has 0 fully saturated rings. The zero-order valence-electron chi connectivity index (χ0n) is 13.7. The van der Waals surface area contributed by atoms with E-state index in [-0.39, 0.29) is 6.04 Å². The molecule has 0 heterocycles. The van der Waals surface area contributed by atoms with E-state index >= 15 is 0 Å². The monoisotopic (exact) mass is 377 g/mol. The maximum Gasteiger partial charge on any atom is 0.0722 e. The van der Waals surface area contributed by atoms with Crippen LogP contribution in [0.2, 0.25) is 0 Å². The summed E-state index contributed by atoms with van der Waals surface area (Å²) in [5.74, 6) is 0. The molecule has 2 heteroatoms. The van der Waals surface area contributed by atoms with E-state index in [1.807, 2.05) is 18.2 Å². The quantitative estimate of drug-likeness (QED) is 0.489. The summed E-state index contributed by atoms with van der Waals surface area (Å²) in [7, 11) is 0. The van der Waals surface area contributed by atoms with Gasteiger partial charge in [-0.2, -0.15) is 0 Å². The van der Waals surface area contributed by atoms with E-state index in [1.165, 1.54) is 5.56 Å². The highest BCUT2D eigenvalue weighted by Crippen LogP contribution is 2.19. The molecule has 0 saturated carbocycles. The molecule has 0 radical (unpaired) electrons. The number of hydrogen-bond donors (Lipinski definition) is 0. The minimum Gasteiger partial charge on any atom is -0.281 e. The third-order valence-corrected chi connectivity index (χ3v) is 4.69. The van der Waals surface area contributed by atoms with Gasteiger partial charge in [0.2, 0.25) is 0 Å². The Morgan fingerprint density at radius 3 is 1.83 bits per heavy atom. The van der Waals surface area contributed by atoms with E-state index in [0.717, 1.165) is 27.7 Å².